The zero-order valence-electron chi connectivity index (χ0n) is 13.4. The quantitative estimate of drug-likeness (QED) is 0.892. The predicted octanol–water partition coefficient (Wildman–Crippen LogP) is 2.05. The Labute approximate surface area is 141 Å². The van der Waals surface area contributed by atoms with E-state index in [0.717, 1.165) is 12.5 Å². The second-order valence-electron chi connectivity index (χ2n) is 5.50. The summed E-state index contributed by atoms with van der Waals surface area (Å²) in [4.78, 5) is 12.5. The average molecular weight is 367 g/mol. The summed E-state index contributed by atoms with van der Waals surface area (Å²) in [6.07, 6.45) is 2.14. The first-order chi connectivity index (χ1) is 11.0. The standard InChI is InChI=1S/C16H17NO5S2/c1-11-7-8-14(24(3,21)22)10-15(11)16(18)17-12-5-4-6-13(9-12)23(2,19)20/h4-10H,1-3H3,(H,17,18). The normalized spacial score (nSPS) is 12.0. The molecule has 8 heteroatoms. The Balaban J connectivity index is 2.38. The van der Waals surface area contributed by atoms with Gasteiger partial charge in [0.1, 0.15) is 0 Å². The molecule has 0 aromatic heterocycles. The first-order valence-corrected chi connectivity index (χ1v) is 10.7. The monoisotopic (exact) mass is 367 g/mol. The molecule has 0 aliphatic rings. The molecule has 0 saturated carbocycles. The van der Waals surface area contributed by atoms with E-state index >= 15 is 0 Å². The molecule has 2 rings (SSSR count). The van der Waals surface area contributed by atoms with Crippen molar-refractivity contribution in [1.29, 1.82) is 0 Å². The van der Waals surface area contributed by atoms with Crippen LogP contribution in [0.2, 0.25) is 0 Å². The van der Waals surface area contributed by atoms with E-state index in [1.54, 1.807) is 19.1 Å². The molecule has 1 amide bonds. The topological polar surface area (TPSA) is 97.4 Å². The first-order valence-electron chi connectivity index (χ1n) is 6.90. The van der Waals surface area contributed by atoms with E-state index in [0.29, 0.717) is 11.3 Å². The molecule has 24 heavy (non-hydrogen) atoms. The number of benzene rings is 2. The van der Waals surface area contributed by atoms with Gasteiger partial charge in [-0.2, -0.15) is 0 Å². The molecule has 0 bridgehead atoms. The summed E-state index contributed by atoms with van der Waals surface area (Å²) in [7, 11) is -6.82. The fourth-order valence-corrected chi connectivity index (χ4v) is 3.39. The van der Waals surface area contributed by atoms with Crippen LogP contribution in [0.5, 0.6) is 0 Å². The highest BCUT2D eigenvalue weighted by Crippen LogP contribution is 2.19. The molecule has 0 aliphatic carbocycles. The summed E-state index contributed by atoms with van der Waals surface area (Å²) in [6, 6.07) is 10.2. The van der Waals surface area contributed by atoms with Crippen molar-refractivity contribution >= 4 is 31.3 Å². The van der Waals surface area contributed by atoms with E-state index in [-0.39, 0.29) is 15.4 Å². The fraction of sp³-hybridized carbons (Fsp3) is 0.188. The highest BCUT2D eigenvalue weighted by molar-refractivity contribution is 7.91. The predicted molar refractivity (Wildman–Crippen MR) is 91.8 cm³/mol. The van der Waals surface area contributed by atoms with Gasteiger partial charge >= 0.3 is 0 Å². The molecule has 1 N–H and O–H groups in total. The Morgan fingerprint density at radius 2 is 1.46 bits per heavy atom. The van der Waals surface area contributed by atoms with E-state index in [9.17, 15) is 21.6 Å². The van der Waals surface area contributed by atoms with E-state index in [1.165, 1.54) is 30.3 Å². The number of aryl methyl sites for hydroxylation is 1. The van der Waals surface area contributed by atoms with Crippen molar-refractivity contribution in [2.45, 2.75) is 16.7 Å². The lowest BCUT2D eigenvalue weighted by atomic mass is 10.1. The molecule has 0 saturated heterocycles. The number of rotatable bonds is 4. The largest absolute Gasteiger partial charge is 0.322 e. The molecule has 0 radical (unpaired) electrons. The van der Waals surface area contributed by atoms with Gasteiger partial charge in [0, 0.05) is 23.8 Å². The van der Waals surface area contributed by atoms with Crippen molar-refractivity contribution < 1.29 is 21.6 Å². The van der Waals surface area contributed by atoms with Crippen molar-refractivity contribution in [2.75, 3.05) is 17.8 Å². The molecule has 128 valence electrons. The molecule has 2 aromatic carbocycles. The number of sulfone groups is 2. The smallest absolute Gasteiger partial charge is 0.255 e. The van der Waals surface area contributed by atoms with Gasteiger partial charge < -0.3 is 5.32 Å². The third-order valence-electron chi connectivity index (χ3n) is 3.40. The molecule has 0 aliphatic heterocycles. The van der Waals surface area contributed by atoms with Gasteiger partial charge in [-0.05, 0) is 42.8 Å². The number of amides is 1. The molecule has 0 atom stereocenters. The fourth-order valence-electron chi connectivity index (χ4n) is 2.08. The van der Waals surface area contributed by atoms with Crippen LogP contribution in [0.25, 0.3) is 0 Å². The number of hydrogen-bond donors (Lipinski definition) is 1. The summed E-state index contributed by atoms with van der Waals surface area (Å²) >= 11 is 0. The highest BCUT2D eigenvalue weighted by atomic mass is 32.2. The van der Waals surface area contributed by atoms with Gasteiger partial charge in [-0.25, -0.2) is 16.8 Å². The number of nitrogens with one attached hydrogen (secondary N) is 1. The van der Waals surface area contributed by atoms with Crippen LogP contribution in [-0.4, -0.2) is 35.3 Å². The van der Waals surface area contributed by atoms with Gasteiger partial charge in [0.25, 0.3) is 5.91 Å². The number of anilines is 1. The minimum Gasteiger partial charge on any atom is -0.322 e. The maximum absolute atomic E-state index is 12.4. The molecular weight excluding hydrogens is 350 g/mol. The maximum Gasteiger partial charge on any atom is 0.255 e. The van der Waals surface area contributed by atoms with Crippen LogP contribution in [0.3, 0.4) is 0 Å². The lowest BCUT2D eigenvalue weighted by Gasteiger charge is -2.10. The highest BCUT2D eigenvalue weighted by Gasteiger charge is 2.15. The lowest BCUT2D eigenvalue weighted by molar-refractivity contribution is 0.102. The third-order valence-corrected chi connectivity index (χ3v) is 5.62. The Kier molecular flexibility index (Phi) is 4.82. The second-order valence-corrected chi connectivity index (χ2v) is 9.53. The number of hydrogen-bond acceptors (Lipinski definition) is 5. The van der Waals surface area contributed by atoms with Crippen LogP contribution in [-0.2, 0) is 19.7 Å². The Bertz CT molecular complexity index is 1010. The number of carbonyl (C=O) groups excluding carboxylic acids is 1. The average Bonchev–Trinajstić information content (AvgIpc) is 2.45. The van der Waals surface area contributed by atoms with Crippen LogP contribution < -0.4 is 5.32 Å². The van der Waals surface area contributed by atoms with Crippen LogP contribution in [0.4, 0.5) is 5.69 Å². The first kappa shape index (κ1) is 18.2. The van der Waals surface area contributed by atoms with Gasteiger partial charge in [-0.15, -0.1) is 0 Å². The Morgan fingerprint density at radius 1 is 0.875 bits per heavy atom. The van der Waals surface area contributed by atoms with Crippen molar-refractivity contribution in [1.82, 2.24) is 0 Å². The van der Waals surface area contributed by atoms with Crippen LogP contribution >= 0.6 is 0 Å². The molecule has 0 spiro atoms. The summed E-state index contributed by atoms with van der Waals surface area (Å²) in [5.41, 5.74) is 1.13. The van der Waals surface area contributed by atoms with Gasteiger partial charge in [-0.1, -0.05) is 12.1 Å². The summed E-state index contributed by atoms with van der Waals surface area (Å²) in [5.74, 6) is -0.511. The summed E-state index contributed by atoms with van der Waals surface area (Å²) in [5, 5.41) is 2.59. The summed E-state index contributed by atoms with van der Waals surface area (Å²) in [6.45, 7) is 1.69. The van der Waals surface area contributed by atoms with Gasteiger partial charge in [-0.3, -0.25) is 4.79 Å². The van der Waals surface area contributed by atoms with Crippen molar-refractivity contribution in [2.24, 2.45) is 0 Å². The molecule has 0 heterocycles. The molecular formula is C16H17NO5S2. The SMILES string of the molecule is Cc1ccc(S(C)(=O)=O)cc1C(=O)Nc1cccc(S(C)(=O)=O)c1. The van der Waals surface area contributed by atoms with Crippen molar-refractivity contribution in [3.8, 4) is 0 Å². The minimum absolute atomic E-state index is 0.0446. The summed E-state index contributed by atoms with van der Waals surface area (Å²) < 4.78 is 46.4. The van der Waals surface area contributed by atoms with Gasteiger partial charge in [0.05, 0.1) is 9.79 Å². The van der Waals surface area contributed by atoms with Crippen molar-refractivity contribution in [3.63, 3.8) is 0 Å². The van der Waals surface area contributed by atoms with E-state index in [4.69, 9.17) is 0 Å². The third kappa shape index (κ3) is 4.21. The van der Waals surface area contributed by atoms with E-state index < -0.39 is 25.6 Å². The zero-order valence-corrected chi connectivity index (χ0v) is 15.0. The van der Waals surface area contributed by atoms with Crippen LogP contribution in [0, 0.1) is 6.92 Å². The zero-order chi connectivity index (χ0) is 18.1. The molecule has 2 aromatic rings. The Hall–Kier alpha value is -2.19. The van der Waals surface area contributed by atoms with Crippen molar-refractivity contribution in [3.05, 3.63) is 53.6 Å². The maximum atomic E-state index is 12.4. The Morgan fingerprint density at radius 3 is 2.04 bits per heavy atom. The van der Waals surface area contributed by atoms with Gasteiger partial charge in [0.15, 0.2) is 19.7 Å². The second kappa shape index (κ2) is 6.37. The van der Waals surface area contributed by atoms with Crippen LogP contribution in [0.1, 0.15) is 15.9 Å². The van der Waals surface area contributed by atoms with E-state index in [1.807, 2.05) is 0 Å². The van der Waals surface area contributed by atoms with E-state index in [2.05, 4.69) is 5.32 Å². The molecule has 6 nitrogen and oxygen atoms in total. The minimum atomic E-state index is -3.43. The van der Waals surface area contributed by atoms with Gasteiger partial charge in [0.2, 0.25) is 0 Å². The number of carbonyl (C=O) groups is 1. The molecule has 0 fully saturated rings. The lowest BCUT2D eigenvalue weighted by Crippen LogP contribution is -2.14. The van der Waals surface area contributed by atoms with Crippen LogP contribution in [0.15, 0.2) is 52.3 Å². The molecule has 0 unspecified atom stereocenters.